The lowest BCUT2D eigenvalue weighted by molar-refractivity contribution is -0.140. The van der Waals surface area contributed by atoms with E-state index in [0.29, 0.717) is 33.7 Å². The van der Waals surface area contributed by atoms with E-state index in [-0.39, 0.29) is 17.9 Å². The highest BCUT2D eigenvalue weighted by molar-refractivity contribution is 7.89. The fraction of sp³-hybridized carbons (Fsp3) is 0.241. The van der Waals surface area contributed by atoms with E-state index in [4.69, 9.17) is 4.84 Å². The molecule has 1 amide bonds. The largest absolute Gasteiger partial charge is 0.376 e. The number of carbonyl (C=O) groups excluding carboxylic acids is 1. The van der Waals surface area contributed by atoms with Gasteiger partial charge in [0.25, 0.3) is 5.91 Å². The van der Waals surface area contributed by atoms with Gasteiger partial charge in [0.1, 0.15) is 6.54 Å². The number of hydrogen-bond donors (Lipinski definition) is 2. The molecular weight excluding hydrogens is 556 g/mol. The average Bonchev–Trinajstić information content (AvgIpc) is 3.63. The molecule has 2 heterocycles. The van der Waals surface area contributed by atoms with Gasteiger partial charge in [-0.2, -0.15) is 10.1 Å². The monoisotopic (exact) mass is 584 g/mol. The number of nitrogens with one attached hydrogen (secondary N) is 2. The minimum atomic E-state index is -3.79. The molecule has 2 N–H and O–H groups in total. The lowest BCUT2D eigenvalue weighted by Crippen LogP contribution is -2.47. The van der Waals surface area contributed by atoms with Gasteiger partial charge in [-0.1, -0.05) is 47.6 Å². The minimum absolute atomic E-state index is 0.0616. The highest BCUT2D eigenvalue weighted by Crippen LogP contribution is 2.32. The zero-order valence-corrected chi connectivity index (χ0v) is 24.0. The Morgan fingerprint density at radius 2 is 1.83 bits per heavy atom. The van der Waals surface area contributed by atoms with E-state index in [1.807, 2.05) is 0 Å². The van der Waals surface area contributed by atoms with Crippen molar-refractivity contribution >= 4 is 27.3 Å². The molecule has 42 heavy (non-hydrogen) atoms. The molecule has 214 valence electrons. The first kappa shape index (κ1) is 28.6. The van der Waals surface area contributed by atoms with Crippen molar-refractivity contribution in [2.24, 2.45) is 5.16 Å². The van der Waals surface area contributed by atoms with Crippen LogP contribution in [-0.4, -0.2) is 51.4 Å². The standard InChI is InChI=1S/C29H28N8O4S/c1-28(2,3)35-42(39,40)26-10-5-4-9-24(26)21-11-13-23(14-12-21)33-27(38)29(18-37-32-19-31-36-37)16-25(34-41-29)22-8-6-7-20(15-22)17-30/h4-15,19,35H,16,18H2,1-3H3,(H,33,38). The number of rotatable bonds is 8. The van der Waals surface area contributed by atoms with E-state index in [0.717, 1.165) is 0 Å². The normalized spacial score (nSPS) is 16.8. The van der Waals surface area contributed by atoms with E-state index in [1.165, 1.54) is 11.1 Å². The Bertz CT molecular complexity index is 1790. The fourth-order valence-corrected chi connectivity index (χ4v) is 6.19. The van der Waals surface area contributed by atoms with Gasteiger partial charge < -0.3 is 10.2 Å². The van der Waals surface area contributed by atoms with Crippen molar-refractivity contribution in [1.29, 1.82) is 5.26 Å². The van der Waals surface area contributed by atoms with Gasteiger partial charge in [-0.15, -0.1) is 10.2 Å². The summed E-state index contributed by atoms with van der Waals surface area (Å²) < 4.78 is 28.9. The van der Waals surface area contributed by atoms with Crippen LogP contribution in [0.2, 0.25) is 0 Å². The van der Waals surface area contributed by atoms with Crippen molar-refractivity contribution in [1.82, 2.24) is 24.9 Å². The summed E-state index contributed by atoms with van der Waals surface area (Å²) in [5, 5.41) is 28.0. The molecule has 0 aliphatic carbocycles. The Morgan fingerprint density at radius 3 is 2.52 bits per heavy atom. The Balaban J connectivity index is 1.39. The topological polar surface area (TPSA) is 164 Å². The number of sulfonamides is 1. The number of oxime groups is 1. The van der Waals surface area contributed by atoms with Crippen LogP contribution in [0, 0.1) is 11.3 Å². The molecule has 4 aromatic rings. The van der Waals surface area contributed by atoms with Crippen LogP contribution in [-0.2, 0) is 26.2 Å². The van der Waals surface area contributed by atoms with E-state index >= 15 is 0 Å². The van der Waals surface area contributed by atoms with E-state index in [9.17, 15) is 18.5 Å². The fourth-order valence-electron chi connectivity index (χ4n) is 4.54. The van der Waals surface area contributed by atoms with Crippen molar-refractivity contribution in [3.8, 4) is 17.2 Å². The highest BCUT2D eigenvalue weighted by Gasteiger charge is 2.48. The van der Waals surface area contributed by atoms with Crippen LogP contribution in [0.5, 0.6) is 0 Å². The Morgan fingerprint density at radius 1 is 1.07 bits per heavy atom. The Labute approximate surface area is 243 Å². The summed E-state index contributed by atoms with van der Waals surface area (Å²) in [7, 11) is -3.79. The van der Waals surface area contributed by atoms with Gasteiger partial charge in [0.2, 0.25) is 15.6 Å². The zero-order chi connectivity index (χ0) is 30.0. The molecule has 0 radical (unpaired) electrons. The van der Waals surface area contributed by atoms with Crippen LogP contribution in [0.4, 0.5) is 5.69 Å². The van der Waals surface area contributed by atoms with Crippen molar-refractivity contribution in [2.45, 2.75) is 49.8 Å². The molecule has 1 aromatic heterocycles. The molecule has 0 spiro atoms. The van der Waals surface area contributed by atoms with Gasteiger partial charge in [0.15, 0.2) is 6.33 Å². The smallest absolute Gasteiger partial charge is 0.273 e. The predicted molar refractivity (Wildman–Crippen MR) is 155 cm³/mol. The summed E-state index contributed by atoms with van der Waals surface area (Å²) in [5.74, 6) is -0.486. The van der Waals surface area contributed by atoms with E-state index in [1.54, 1.807) is 93.6 Å². The van der Waals surface area contributed by atoms with Crippen LogP contribution < -0.4 is 10.0 Å². The second-order valence-electron chi connectivity index (χ2n) is 10.8. The quantitative estimate of drug-likeness (QED) is 0.318. The maximum Gasteiger partial charge on any atom is 0.273 e. The first-order valence-electron chi connectivity index (χ1n) is 13.0. The van der Waals surface area contributed by atoms with Crippen molar-refractivity contribution in [3.05, 3.63) is 90.3 Å². The summed E-state index contributed by atoms with van der Waals surface area (Å²) in [4.78, 5) is 20.9. The highest BCUT2D eigenvalue weighted by atomic mass is 32.2. The van der Waals surface area contributed by atoms with Gasteiger partial charge in [0, 0.05) is 28.8 Å². The molecule has 1 aliphatic rings. The molecule has 1 atom stereocenters. The number of aromatic nitrogens is 4. The number of nitriles is 1. The van der Waals surface area contributed by atoms with Crippen LogP contribution in [0.1, 0.15) is 38.3 Å². The zero-order valence-electron chi connectivity index (χ0n) is 23.1. The van der Waals surface area contributed by atoms with Gasteiger partial charge >= 0.3 is 0 Å². The van der Waals surface area contributed by atoms with Crippen molar-refractivity contribution in [3.63, 3.8) is 0 Å². The molecule has 0 saturated carbocycles. The average molecular weight is 585 g/mol. The molecule has 1 unspecified atom stereocenters. The van der Waals surface area contributed by atoms with Gasteiger partial charge in [0.05, 0.1) is 22.2 Å². The third-order valence-corrected chi connectivity index (χ3v) is 8.20. The Hall–Kier alpha value is -4.93. The van der Waals surface area contributed by atoms with Gasteiger partial charge in [-0.3, -0.25) is 4.79 Å². The van der Waals surface area contributed by atoms with Crippen LogP contribution >= 0.6 is 0 Å². The second-order valence-corrected chi connectivity index (χ2v) is 12.5. The molecule has 5 rings (SSSR count). The van der Waals surface area contributed by atoms with Crippen molar-refractivity contribution < 1.29 is 18.0 Å². The molecule has 13 heteroatoms. The minimum Gasteiger partial charge on any atom is -0.376 e. The molecule has 0 fully saturated rings. The lowest BCUT2D eigenvalue weighted by Gasteiger charge is -2.24. The van der Waals surface area contributed by atoms with Crippen molar-refractivity contribution in [2.75, 3.05) is 5.32 Å². The predicted octanol–water partition coefficient (Wildman–Crippen LogP) is 3.49. The maximum absolute atomic E-state index is 13.7. The summed E-state index contributed by atoms with van der Waals surface area (Å²) in [5.41, 5.74) is 1.12. The number of nitrogens with zero attached hydrogens (tertiary/aromatic N) is 6. The number of amides is 1. The van der Waals surface area contributed by atoms with E-state index < -0.39 is 27.1 Å². The number of benzene rings is 3. The number of hydrogen-bond acceptors (Lipinski definition) is 9. The summed E-state index contributed by atoms with van der Waals surface area (Å²) in [6.07, 6.45) is 1.35. The molecular formula is C29H28N8O4S. The summed E-state index contributed by atoms with van der Waals surface area (Å²) >= 11 is 0. The number of anilines is 1. The van der Waals surface area contributed by atoms with Crippen LogP contribution in [0.3, 0.4) is 0 Å². The summed E-state index contributed by atoms with van der Waals surface area (Å²) in [6, 6.07) is 22.5. The van der Waals surface area contributed by atoms with Gasteiger partial charge in [-0.25, -0.2) is 13.1 Å². The first-order chi connectivity index (χ1) is 20.0. The Kier molecular flexibility index (Phi) is 7.59. The SMILES string of the molecule is CC(C)(C)NS(=O)(=O)c1ccccc1-c1ccc(NC(=O)C2(Cn3ncnn3)CC(c3cccc(C#N)c3)=NO2)cc1. The summed E-state index contributed by atoms with van der Waals surface area (Å²) in [6.45, 7) is 5.28. The third kappa shape index (κ3) is 6.19. The van der Waals surface area contributed by atoms with Crippen LogP contribution in [0.15, 0.2) is 89.2 Å². The van der Waals surface area contributed by atoms with E-state index in [2.05, 4.69) is 36.7 Å². The number of tetrazole rings is 1. The second kappa shape index (κ2) is 11.2. The molecule has 1 aliphatic heterocycles. The van der Waals surface area contributed by atoms with Crippen LogP contribution in [0.25, 0.3) is 11.1 Å². The molecule has 0 bridgehead atoms. The molecule has 3 aromatic carbocycles. The maximum atomic E-state index is 13.7. The number of carbonyl (C=O) groups is 1. The lowest BCUT2D eigenvalue weighted by atomic mass is 9.92. The molecule has 12 nitrogen and oxygen atoms in total. The third-order valence-electron chi connectivity index (χ3n) is 6.38. The first-order valence-corrected chi connectivity index (χ1v) is 14.5. The molecule has 0 saturated heterocycles. The van der Waals surface area contributed by atoms with Gasteiger partial charge in [-0.05, 0) is 61.9 Å².